The summed E-state index contributed by atoms with van der Waals surface area (Å²) in [4.78, 5) is 29.6. The van der Waals surface area contributed by atoms with Crippen molar-refractivity contribution in [1.82, 2.24) is 14.9 Å². The zero-order valence-corrected chi connectivity index (χ0v) is 18.2. The fourth-order valence-electron chi connectivity index (χ4n) is 5.78. The van der Waals surface area contributed by atoms with Gasteiger partial charge >= 0.3 is 0 Å². The number of aliphatic hydroxyl groups is 2. The molecule has 0 saturated carbocycles. The number of hydrogen-bond donors (Lipinski definition) is 4. The predicted octanol–water partition coefficient (Wildman–Crippen LogP) is 3.34. The molecule has 2 aromatic heterocycles. The number of amides is 2. The van der Waals surface area contributed by atoms with Gasteiger partial charge in [-0.1, -0.05) is 36.4 Å². The van der Waals surface area contributed by atoms with Crippen molar-refractivity contribution in [3.05, 3.63) is 59.7 Å². The lowest BCUT2D eigenvalue weighted by molar-refractivity contribution is -0.182. The zero-order valence-electron chi connectivity index (χ0n) is 18.2. The van der Waals surface area contributed by atoms with Crippen LogP contribution in [0.4, 0.5) is 0 Å². The smallest absolute Gasteiger partial charge is 0.259 e. The third-order valence-corrected chi connectivity index (χ3v) is 7.26. The van der Waals surface area contributed by atoms with Crippen molar-refractivity contribution in [2.24, 2.45) is 0 Å². The second-order valence-electron chi connectivity index (χ2n) is 9.15. The number of aromatic nitrogens is 2. The van der Waals surface area contributed by atoms with Gasteiger partial charge in [-0.15, -0.1) is 0 Å². The Morgan fingerprint density at radius 3 is 2.38 bits per heavy atom. The van der Waals surface area contributed by atoms with Crippen LogP contribution < -0.4 is 5.32 Å². The number of para-hydroxylation sites is 2. The summed E-state index contributed by atoms with van der Waals surface area (Å²) >= 11 is 0. The number of carbonyl (C=O) groups is 2. The van der Waals surface area contributed by atoms with Crippen LogP contribution in [0.1, 0.15) is 40.3 Å². The molecule has 0 bridgehead atoms. The van der Waals surface area contributed by atoms with Gasteiger partial charge in [-0.3, -0.25) is 14.9 Å². The number of carbonyl (C=O) groups excluding carboxylic acids is 2. The van der Waals surface area contributed by atoms with E-state index in [0.717, 1.165) is 32.8 Å². The molecule has 2 aliphatic rings. The molecule has 34 heavy (non-hydrogen) atoms. The van der Waals surface area contributed by atoms with Crippen molar-refractivity contribution in [3.8, 4) is 0 Å². The van der Waals surface area contributed by atoms with Crippen molar-refractivity contribution < 1.29 is 24.5 Å². The Kier molecular flexibility index (Phi) is 3.87. The molecule has 3 aromatic carbocycles. The largest absolute Gasteiger partial charge is 0.390 e. The van der Waals surface area contributed by atoms with Gasteiger partial charge in [0.2, 0.25) is 0 Å². The highest BCUT2D eigenvalue weighted by Crippen LogP contribution is 2.45. The lowest BCUT2D eigenvalue weighted by Crippen LogP contribution is -2.45. The Hall–Kier alpha value is -3.72. The van der Waals surface area contributed by atoms with Crippen molar-refractivity contribution in [2.45, 2.75) is 37.9 Å². The van der Waals surface area contributed by atoms with E-state index in [0.29, 0.717) is 21.9 Å². The maximum absolute atomic E-state index is 13.1. The minimum Gasteiger partial charge on any atom is -0.390 e. The summed E-state index contributed by atoms with van der Waals surface area (Å²) in [5, 5.41) is 26.3. The second kappa shape index (κ2) is 6.66. The second-order valence-corrected chi connectivity index (χ2v) is 9.15. The van der Waals surface area contributed by atoms with E-state index in [1.165, 1.54) is 0 Å². The van der Waals surface area contributed by atoms with Crippen LogP contribution >= 0.6 is 0 Å². The summed E-state index contributed by atoms with van der Waals surface area (Å²) in [6.45, 7) is 1.73. The number of ether oxygens (including phenoxy) is 1. The summed E-state index contributed by atoms with van der Waals surface area (Å²) in [6, 6.07) is 15.4. The summed E-state index contributed by atoms with van der Waals surface area (Å²) in [6.07, 6.45) is -2.91. The number of fused-ring (bicyclic) bond motifs is 10. The summed E-state index contributed by atoms with van der Waals surface area (Å²) in [7, 11) is 0. The van der Waals surface area contributed by atoms with E-state index in [9.17, 15) is 19.8 Å². The third kappa shape index (κ3) is 2.37. The molecule has 0 radical (unpaired) electrons. The Morgan fingerprint density at radius 1 is 0.941 bits per heavy atom. The third-order valence-electron chi connectivity index (χ3n) is 7.26. The first-order valence-electron chi connectivity index (χ1n) is 11.3. The van der Waals surface area contributed by atoms with E-state index in [1.54, 1.807) is 6.92 Å². The van der Waals surface area contributed by atoms with Crippen molar-refractivity contribution in [2.75, 3.05) is 0 Å². The van der Waals surface area contributed by atoms with Gasteiger partial charge in [0.1, 0.15) is 12.3 Å². The molecule has 2 amide bonds. The average Bonchev–Trinajstić information content (AvgIpc) is 3.46. The van der Waals surface area contributed by atoms with Crippen LogP contribution in [0.5, 0.6) is 0 Å². The maximum atomic E-state index is 13.1. The number of H-pyrrole nitrogens is 1. The molecule has 4 N–H and O–H groups in total. The molecule has 2 aliphatic heterocycles. The molecule has 7 rings (SSSR count). The fourth-order valence-corrected chi connectivity index (χ4v) is 5.78. The normalized spacial score (nSPS) is 25.0. The van der Waals surface area contributed by atoms with Gasteiger partial charge in [-0.25, -0.2) is 0 Å². The molecule has 5 aromatic rings. The molecular weight excluding hydrogens is 434 g/mol. The highest BCUT2D eigenvalue weighted by Gasteiger charge is 2.39. The molecular formula is C26H21N3O5. The molecule has 0 aliphatic carbocycles. The van der Waals surface area contributed by atoms with Crippen molar-refractivity contribution >= 4 is 55.4 Å². The van der Waals surface area contributed by atoms with Crippen molar-refractivity contribution in [1.29, 1.82) is 0 Å². The van der Waals surface area contributed by atoms with Crippen LogP contribution in [0.3, 0.4) is 0 Å². The number of aliphatic hydroxyl groups excluding tert-OH is 2. The molecule has 0 spiro atoms. The topological polar surface area (TPSA) is 117 Å². The van der Waals surface area contributed by atoms with Crippen LogP contribution in [0.25, 0.3) is 43.6 Å². The van der Waals surface area contributed by atoms with E-state index < -0.39 is 36.4 Å². The first-order valence-corrected chi connectivity index (χ1v) is 11.3. The van der Waals surface area contributed by atoms with Gasteiger partial charge in [0.25, 0.3) is 11.8 Å². The van der Waals surface area contributed by atoms with Crippen LogP contribution in [0.15, 0.2) is 48.5 Å². The fraction of sp³-hybridized carbons (Fsp3) is 0.231. The molecule has 1 fully saturated rings. The van der Waals surface area contributed by atoms with Crippen LogP contribution in [-0.4, -0.2) is 49.9 Å². The lowest BCUT2D eigenvalue weighted by Gasteiger charge is -2.36. The number of aromatic amines is 1. The van der Waals surface area contributed by atoms with Gasteiger partial charge < -0.3 is 24.5 Å². The number of nitrogens with zero attached hydrogens (tertiary/aromatic N) is 1. The molecule has 4 heterocycles. The number of benzene rings is 3. The Bertz CT molecular complexity index is 1690. The molecule has 8 nitrogen and oxygen atoms in total. The summed E-state index contributed by atoms with van der Waals surface area (Å²) in [5.74, 6) is -0.831. The molecule has 4 atom stereocenters. The molecule has 8 heteroatoms. The highest BCUT2D eigenvalue weighted by molar-refractivity contribution is 6.39. The van der Waals surface area contributed by atoms with Crippen LogP contribution in [0, 0.1) is 0 Å². The van der Waals surface area contributed by atoms with E-state index in [1.807, 2.05) is 53.1 Å². The predicted molar refractivity (Wildman–Crippen MR) is 127 cm³/mol. The number of hydrogen-bond acceptors (Lipinski definition) is 5. The maximum Gasteiger partial charge on any atom is 0.259 e. The lowest BCUT2D eigenvalue weighted by atomic mass is 9.96. The van der Waals surface area contributed by atoms with Gasteiger partial charge in [-0.05, 0) is 19.1 Å². The minimum absolute atomic E-state index is 0.184. The first-order chi connectivity index (χ1) is 16.5. The quantitative estimate of drug-likeness (QED) is 0.289. The van der Waals surface area contributed by atoms with Crippen LogP contribution in [0.2, 0.25) is 0 Å². The van der Waals surface area contributed by atoms with E-state index >= 15 is 0 Å². The average molecular weight is 455 g/mol. The van der Waals surface area contributed by atoms with Gasteiger partial charge in [0.15, 0.2) is 0 Å². The summed E-state index contributed by atoms with van der Waals surface area (Å²) < 4.78 is 8.18. The Labute approximate surface area is 192 Å². The summed E-state index contributed by atoms with van der Waals surface area (Å²) in [5.41, 5.74) is 3.87. The Balaban J connectivity index is 1.72. The van der Waals surface area contributed by atoms with Crippen LogP contribution in [-0.2, 0) is 4.74 Å². The number of rotatable bonds is 1. The van der Waals surface area contributed by atoms with E-state index in [-0.39, 0.29) is 6.42 Å². The minimum atomic E-state index is -0.981. The van der Waals surface area contributed by atoms with Gasteiger partial charge in [0.05, 0.1) is 39.9 Å². The molecule has 0 unspecified atom stereocenters. The SMILES string of the molecule is C[C@@H]1O[C@@H](n2c3ccccc3c3c4c(c5c6ccccc6[nH]c5c32)C(=O)NC4=O)C[C@@H](O)[C@H]1O. The van der Waals surface area contributed by atoms with E-state index in [2.05, 4.69) is 10.3 Å². The first kappa shape index (κ1) is 19.7. The Morgan fingerprint density at radius 2 is 1.62 bits per heavy atom. The highest BCUT2D eigenvalue weighted by atomic mass is 16.5. The monoisotopic (exact) mass is 455 g/mol. The zero-order chi connectivity index (χ0) is 23.3. The van der Waals surface area contributed by atoms with Crippen molar-refractivity contribution in [3.63, 3.8) is 0 Å². The molecule has 1 saturated heterocycles. The van der Waals surface area contributed by atoms with Gasteiger partial charge in [-0.2, -0.15) is 0 Å². The standard InChI is InChI=1S/C26H21N3O5/c1-11-24(31)16(30)10-17(34-11)29-15-9-5-3-7-13(15)19-21-20(25(32)28-26(21)33)18-12-6-2-4-8-14(12)27-22(18)23(19)29/h2-9,11,16-17,24,27,30-31H,10H2,1H3,(H,28,32,33)/t11-,16+,17+,24-/m0/s1. The molecule has 170 valence electrons. The van der Waals surface area contributed by atoms with Gasteiger partial charge in [0, 0.05) is 33.5 Å². The van der Waals surface area contributed by atoms with E-state index in [4.69, 9.17) is 4.74 Å². The number of nitrogens with one attached hydrogen (secondary N) is 2. The number of imide groups is 1.